The lowest BCUT2D eigenvalue weighted by atomic mass is 9.55. The van der Waals surface area contributed by atoms with Crippen LogP contribution in [0.1, 0.15) is 46.8 Å². The van der Waals surface area contributed by atoms with Crippen molar-refractivity contribution in [2.24, 2.45) is 22.7 Å². The maximum Gasteiger partial charge on any atom is 0.255 e. The van der Waals surface area contributed by atoms with Crippen LogP contribution in [0.2, 0.25) is 0 Å². The molecule has 3 aliphatic carbocycles. The van der Waals surface area contributed by atoms with Gasteiger partial charge in [0.25, 0.3) is 5.91 Å². The number of carbonyl (C=O) groups is 3. The third-order valence-corrected chi connectivity index (χ3v) is 7.98. The molecule has 6 N–H and O–H groups in total. The average molecular weight is 512 g/mol. The highest BCUT2D eigenvalue weighted by atomic mass is 16.4. The molecule has 1 aromatic carbocycles. The zero-order valence-corrected chi connectivity index (χ0v) is 21.1. The Morgan fingerprint density at radius 2 is 1.84 bits per heavy atom. The average Bonchev–Trinajstić information content (AvgIpc) is 2.80. The Balaban J connectivity index is 2.11. The Morgan fingerprint density at radius 1 is 1.24 bits per heavy atom. The quantitative estimate of drug-likeness (QED) is 0.296. The van der Waals surface area contributed by atoms with Crippen molar-refractivity contribution in [2.45, 2.75) is 44.4 Å². The van der Waals surface area contributed by atoms with E-state index in [-0.39, 0.29) is 11.3 Å². The van der Waals surface area contributed by atoms with E-state index in [2.05, 4.69) is 11.8 Å². The van der Waals surface area contributed by atoms with Crippen LogP contribution >= 0.6 is 0 Å². The predicted octanol–water partition coefficient (Wildman–Crippen LogP) is 1.69. The van der Waals surface area contributed by atoms with Gasteiger partial charge in [0.1, 0.15) is 22.8 Å². The summed E-state index contributed by atoms with van der Waals surface area (Å²) >= 11 is 0. The van der Waals surface area contributed by atoms with Gasteiger partial charge in [0, 0.05) is 17.1 Å². The van der Waals surface area contributed by atoms with Gasteiger partial charge < -0.3 is 26.2 Å². The highest BCUT2D eigenvalue weighted by molar-refractivity contribution is 6.25. The van der Waals surface area contributed by atoms with E-state index < -0.39 is 75.6 Å². The molecule has 0 aliphatic heterocycles. The van der Waals surface area contributed by atoms with Crippen molar-refractivity contribution in [1.29, 1.82) is 0 Å². The molecule has 196 valence electrons. The molecule has 0 aromatic heterocycles. The number of aryl methyl sites for hydroxylation is 1. The minimum Gasteiger partial charge on any atom is -0.510 e. The van der Waals surface area contributed by atoms with Gasteiger partial charge in [0.15, 0.2) is 11.4 Å². The van der Waals surface area contributed by atoms with Gasteiger partial charge >= 0.3 is 0 Å². The van der Waals surface area contributed by atoms with Crippen LogP contribution in [0, 0.1) is 23.7 Å². The number of rotatable bonds is 4. The molecule has 11 heteroatoms. The molecule has 4 rings (SSSR count). The van der Waals surface area contributed by atoms with Gasteiger partial charge in [-0.25, -0.2) is 0 Å². The molecule has 6 atom stereocenters. The lowest BCUT2D eigenvalue weighted by Crippen LogP contribution is -2.68. The predicted molar refractivity (Wildman–Crippen MR) is 133 cm³/mol. The van der Waals surface area contributed by atoms with Gasteiger partial charge in [-0.1, -0.05) is 13.5 Å². The van der Waals surface area contributed by atoms with E-state index in [0.717, 1.165) is 0 Å². The second-order valence-electron chi connectivity index (χ2n) is 10.3. The highest BCUT2D eigenvalue weighted by Gasteiger charge is 2.67. The van der Waals surface area contributed by atoms with Crippen LogP contribution in [0.5, 0.6) is 0 Å². The normalized spacial score (nSPS) is 31.2. The summed E-state index contributed by atoms with van der Waals surface area (Å²) in [6.45, 7) is 8.88. The molecule has 0 unspecified atom stereocenters. The highest BCUT2D eigenvalue weighted by Crippen LogP contribution is 2.56. The fourth-order valence-electron chi connectivity index (χ4n) is 6.44. The second kappa shape index (κ2) is 8.44. The van der Waals surface area contributed by atoms with Gasteiger partial charge in [-0.2, -0.15) is 0 Å². The number of nitroso groups, excluding NO2 is 1. The topological polar surface area (TPSA) is 191 Å². The van der Waals surface area contributed by atoms with Crippen LogP contribution in [-0.4, -0.2) is 74.6 Å². The monoisotopic (exact) mass is 511 g/mol. The number of carbonyl (C=O) groups excluding carboxylic acids is 3. The van der Waals surface area contributed by atoms with Crippen LogP contribution in [0.25, 0.3) is 5.57 Å². The Kier molecular flexibility index (Phi) is 6.02. The number of primary amides is 1. The Labute approximate surface area is 212 Å². The minimum atomic E-state index is -2.96. The zero-order chi connectivity index (χ0) is 27.9. The number of Topliss-reactive ketones (excluding diaryl/α,β-unsaturated/α-hetero) is 2. The molecule has 0 heterocycles. The van der Waals surface area contributed by atoms with E-state index in [1.807, 2.05) is 0 Å². The summed E-state index contributed by atoms with van der Waals surface area (Å²) in [5.41, 5.74) is 2.47. The first-order valence-corrected chi connectivity index (χ1v) is 11.6. The number of likely N-dealkylation sites (N-methyl/N-ethyl adjacent to an activating group) is 1. The number of ketones is 2. The van der Waals surface area contributed by atoms with E-state index in [0.29, 0.717) is 22.3 Å². The second-order valence-corrected chi connectivity index (χ2v) is 10.3. The SMILES string of the molecule is C=C(C)c1cc(C)c2c(c1N=O)C(=O)C1=C(O)[C@]3(O)C(=O)C(C(N)=O)=C(O)[C@@H](N(C)C)[C@@H]3[C@@H](O)[C@@H]1[C@H]2C. The third-order valence-electron chi connectivity index (χ3n) is 7.98. The van der Waals surface area contributed by atoms with Crippen LogP contribution in [0.3, 0.4) is 0 Å². The van der Waals surface area contributed by atoms with E-state index in [1.165, 1.54) is 19.0 Å². The molecule has 0 fully saturated rings. The number of hydrogen-bond donors (Lipinski definition) is 5. The summed E-state index contributed by atoms with van der Waals surface area (Å²) < 4.78 is 0. The number of hydrogen-bond acceptors (Lipinski definition) is 10. The van der Waals surface area contributed by atoms with E-state index in [1.54, 1.807) is 26.8 Å². The zero-order valence-electron chi connectivity index (χ0n) is 21.1. The van der Waals surface area contributed by atoms with E-state index in [9.17, 15) is 39.7 Å². The lowest BCUT2D eigenvalue weighted by Gasteiger charge is -2.53. The van der Waals surface area contributed by atoms with E-state index in [4.69, 9.17) is 5.73 Å². The summed E-state index contributed by atoms with van der Waals surface area (Å²) in [5, 5.41) is 48.7. The summed E-state index contributed by atoms with van der Waals surface area (Å²) in [4.78, 5) is 52.7. The fourth-order valence-corrected chi connectivity index (χ4v) is 6.44. The van der Waals surface area contributed by atoms with Crippen LogP contribution < -0.4 is 5.73 Å². The molecule has 0 spiro atoms. The van der Waals surface area contributed by atoms with Gasteiger partial charge in [-0.05, 0) is 61.8 Å². The standard InChI is InChI=1S/C26H29N3O8/c1-8(2)11-7-9(3)12-10(4)13-15(20(30)14(12)18(11)28-37)23(33)26(36)17(21(13)31)19(29(5)6)22(32)16(24(26)34)25(27)35/h7,10,13,17,19,21,31-33,36H,1H2,2-6H3,(H2,27,35)/t10-,13+,17+,19-,21-,26-/m0/s1. The molecule has 1 amide bonds. The first-order valence-electron chi connectivity index (χ1n) is 11.6. The van der Waals surface area contributed by atoms with Crippen molar-refractivity contribution in [2.75, 3.05) is 14.1 Å². The van der Waals surface area contributed by atoms with Crippen molar-refractivity contribution in [3.8, 4) is 0 Å². The first kappa shape index (κ1) is 26.4. The molecular formula is C26H29N3O8. The number of benzene rings is 1. The summed E-state index contributed by atoms with van der Waals surface area (Å²) in [6, 6.07) is 0.356. The Bertz CT molecular complexity index is 1370. The van der Waals surface area contributed by atoms with Gasteiger partial charge in [-0.15, -0.1) is 4.91 Å². The van der Waals surface area contributed by atoms with Crippen LogP contribution in [-0.2, 0) is 9.59 Å². The van der Waals surface area contributed by atoms with Gasteiger partial charge in [0.05, 0.1) is 23.6 Å². The number of nitrogens with two attached hydrogens (primary N) is 1. The van der Waals surface area contributed by atoms with Crippen molar-refractivity contribution < 1.29 is 34.8 Å². The number of aliphatic hydroxyl groups is 4. The first-order chi connectivity index (χ1) is 17.1. The van der Waals surface area contributed by atoms with Crippen LogP contribution in [0.4, 0.5) is 5.69 Å². The fraction of sp³-hybridized carbons (Fsp3) is 0.423. The largest absolute Gasteiger partial charge is 0.510 e. The number of amides is 1. The summed E-state index contributed by atoms with van der Waals surface area (Å²) in [7, 11) is 2.96. The third kappa shape index (κ3) is 3.20. The maximum absolute atomic E-state index is 13.9. The van der Waals surface area contributed by atoms with Crippen LogP contribution in [0.15, 0.2) is 40.5 Å². The summed E-state index contributed by atoms with van der Waals surface area (Å²) in [6.07, 6.45) is -1.65. The molecule has 37 heavy (non-hydrogen) atoms. The number of fused-ring (bicyclic) bond motifs is 3. The van der Waals surface area contributed by atoms with Gasteiger partial charge in [0.2, 0.25) is 5.78 Å². The molecule has 1 aromatic rings. The van der Waals surface area contributed by atoms with Gasteiger partial charge in [-0.3, -0.25) is 19.3 Å². The molecule has 0 bridgehead atoms. The molecule has 0 saturated heterocycles. The molecule has 0 saturated carbocycles. The van der Waals surface area contributed by atoms with E-state index >= 15 is 0 Å². The number of nitrogens with zero attached hydrogens (tertiary/aromatic N) is 2. The van der Waals surface area contributed by atoms with Crippen molar-refractivity contribution >= 4 is 28.7 Å². The molecule has 11 nitrogen and oxygen atoms in total. The maximum atomic E-state index is 13.9. The van der Waals surface area contributed by atoms with Crippen molar-refractivity contribution in [1.82, 2.24) is 4.90 Å². The van der Waals surface area contributed by atoms with Crippen molar-refractivity contribution in [3.63, 3.8) is 0 Å². The molecular weight excluding hydrogens is 482 g/mol. The number of aliphatic hydroxyl groups excluding tert-OH is 3. The minimum absolute atomic E-state index is 0.117. The molecule has 0 radical (unpaired) electrons. The van der Waals surface area contributed by atoms with Crippen molar-refractivity contribution in [3.05, 3.63) is 62.5 Å². The lowest BCUT2D eigenvalue weighted by molar-refractivity contribution is -0.162. The Hall–Kier alpha value is -3.67. The Morgan fingerprint density at radius 3 is 2.32 bits per heavy atom. The summed E-state index contributed by atoms with van der Waals surface area (Å²) in [5.74, 6) is -8.87. The number of allylic oxidation sites excluding steroid dienone is 1. The smallest absolute Gasteiger partial charge is 0.255 e. The molecule has 3 aliphatic rings.